The van der Waals surface area contributed by atoms with Crippen molar-refractivity contribution in [3.63, 3.8) is 0 Å². The SMILES string of the molecule is Nc1ncc(-c2cc(N3C[C@@H]4C[C@H]3CO4)nc(N3CC4CC3C4)n2)nc1OC(F)F. The summed E-state index contributed by atoms with van der Waals surface area (Å²) in [7, 11) is 0. The standard InChI is InChI=1S/C19H21F2N7O2/c20-18(21)30-17-16(22)23-5-14(24-17)13-4-15(27-7-12-3-11(27)8-29-12)26-19(25-13)28-6-9-1-10(28)2-9/h4-5,9-12,18H,1-3,6-8H2,(H2,22,23)/t9?,10?,11-,12-/m0/s1. The Labute approximate surface area is 171 Å². The number of nitrogen functional groups attached to an aromatic ring is 1. The van der Waals surface area contributed by atoms with E-state index in [1.807, 2.05) is 6.07 Å². The van der Waals surface area contributed by atoms with Crippen LogP contribution in [-0.4, -0.2) is 64.4 Å². The fourth-order valence-electron chi connectivity index (χ4n) is 4.96. The Bertz CT molecular complexity index is 987. The molecule has 4 aliphatic heterocycles. The third kappa shape index (κ3) is 2.91. The molecule has 2 atom stereocenters. The number of ether oxygens (including phenoxy) is 2. The van der Waals surface area contributed by atoms with Crippen molar-refractivity contribution in [2.45, 2.75) is 44.1 Å². The first-order valence-corrected chi connectivity index (χ1v) is 10.1. The van der Waals surface area contributed by atoms with Crippen LogP contribution < -0.4 is 20.3 Å². The molecule has 1 aliphatic carbocycles. The molecule has 0 unspecified atom stereocenters. The van der Waals surface area contributed by atoms with E-state index in [9.17, 15) is 8.78 Å². The van der Waals surface area contributed by atoms with Crippen molar-refractivity contribution in [2.75, 3.05) is 35.2 Å². The number of aromatic nitrogens is 4. The molecule has 0 spiro atoms. The summed E-state index contributed by atoms with van der Waals surface area (Å²) in [5, 5.41) is 0. The number of hydrogen-bond acceptors (Lipinski definition) is 9. The van der Waals surface area contributed by atoms with Crippen LogP contribution in [0.2, 0.25) is 0 Å². The Morgan fingerprint density at radius 1 is 1.07 bits per heavy atom. The maximum Gasteiger partial charge on any atom is 0.388 e. The summed E-state index contributed by atoms with van der Waals surface area (Å²) >= 11 is 0. The van der Waals surface area contributed by atoms with Crippen LogP contribution in [0.1, 0.15) is 19.3 Å². The number of fused-ring (bicyclic) bond motifs is 3. The molecule has 7 rings (SSSR count). The first-order valence-electron chi connectivity index (χ1n) is 10.1. The lowest BCUT2D eigenvalue weighted by atomic mass is 9.86. The summed E-state index contributed by atoms with van der Waals surface area (Å²) in [5.74, 6) is 1.55. The zero-order chi connectivity index (χ0) is 20.4. The van der Waals surface area contributed by atoms with Gasteiger partial charge < -0.3 is 25.0 Å². The summed E-state index contributed by atoms with van der Waals surface area (Å²) in [5.41, 5.74) is 6.47. The molecular weight excluding hydrogens is 396 g/mol. The van der Waals surface area contributed by atoms with E-state index in [2.05, 4.69) is 24.5 Å². The van der Waals surface area contributed by atoms with Gasteiger partial charge in [-0.25, -0.2) is 15.0 Å². The summed E-state index contributed by atoms with van der Waals surface area (Å²) in [6, 6.07) is 2.58. The van der Waals surface area contributed by atoms with E-state index in [4.69, 9.17) is 20.4 Å². The highest BCUT2D eigenvalue weighted by molar-refractivity contribution is 5.64. The van der Waals surface area contributed by atoms with Gasteiger partial charge in [0.15, 0.2) is 5.82 Å². The molecule has 158 valence electrons. The number of nitrogens with two attached hydrogens (primary N) is 1. The molecule has 5 fully saturated rings. The van der Waals surface area contributed by atoms with E-state index in [0.717, 1.165) is 25.3 Å². The summed E-state index contributed by atoms with van der Waals surface area (Å²) in [6.07, 6.45) is 4.96. The van der Waals surface area contributed by atoms with Crippen molar-refractivity contribution in [2.24, 2.45) is 5.92 Å². The maximum absolute atomic E-state index is 12.7. The molecule has 2 aromatic heterocycles. The minimum absolute atomic E-state index is 0.192. The van der Waals surface area contributed by atoms with Gasteiger partial charge in [0.1, 0.15) is 11.5 Å². The second-order valence-corrected chi connectivity index (χ2v) is 8.38. The van der Waals surface area contributed by atoms with E-state index >= 15 is 0 Å². The highest BCUT2D eigenvalue weighted by atomic mass is 19.3. The molecule has 1 saturated carbocycles. The Balaban J connectivity index is 1.41. The molecule has 0 amide bonds. The first-order chi connectivity index (χ1) is 14.5. The van der Waals surface area contributed by atoms with Crippen molar-refractivity contribution < 1.29 is 18.3 Å². The van der Waals surface area contributed by atoms with Gasteiger partial charge in [0.25, 0.3) is 5.88 Å². The molecule has 11 heteroatoms. The highest BCUT2D eigenvalue weighted by Gasteiger charge is 2.45. The second-order valence-electron chi connectivity index (χ2n) is 8.38. The predicted octanol–water partition coefficient (Wildman–Crippen LogP) is 1.69. The highest BCUT2D eigenvalue weighted by Crippen LogP contribution is 2.43. The fraction of sp³-hybridized carbons (Fsp3) is 0.579. The van der Waals surface area contributed by atoms with E-state index in [1.54, 1.807) is 0 Å². The predicted molar refractivity (Wildman–Crippen MR) is 103 cm³/mol. The number of halogens is 2. The van der Waals surface area contributed by atoms with Gasteiger partial charge in [0.05, 0.1) is 30.6 Å². The van der Waals surface area contributed by atoms with Crippen molar-refractivity contribution in [1.82, 2.24) is 19.9 Å². The quantitative estimate of drug-likeness (QED) is 0.778. The van der Waals surface area contributed by atoms with Gasteiger partial charge in [-0.2, -0.15) is 13.8 Å². The van der Waals surface area contributed by atoms with Gasteiger partial charge in [-0.05, 0) is 25.2 Å². The van der Waals surface area contributed by atoms with Crippen LogP contribution in [0.4, 0.5) is 26.4 Å². The topological polar surface area (TPSA) is 103 Å². The molecule has 9 nitrogen and oxygen atoms in total. The van der Waals surface area contributed by atoms with E-state index in [1.165, 1.54) is 19.0 Å². The Morgan fingerprint density at radius 2 is 1.93 bits per heavy atom. The van der Waals surface area contributed by atoms with Gasteiger partial charge in [0, 0.05) is 25.2 Å². The number of hydrogen-bond donors (Lipinski definition) is 1. The number of anilines is 3. The Hall–Kier alpha value is -2.82. The zero-order valence-electron chi connectivity index (χ0n) is 16.1. The lowest BCUT2D eigenvalue weighted by molar-refractivity contribution is -0.0524. The molecule has 6 heterocycles. The normalized spacial score (nSPS) is 29.0. The molecule has 30 heavy (non-hydrogen) atoms. The third-order valence-corrected chi connectivity index (χ3v) is 6.49. The number of rotatable bonds is 5. The number of nitrogens with zero attached hydrogens (tertiary/aromatic N) is 6. The monoisotopic (exact) mass is 417 g/mol. The van der Waals surface area contributed by atoms with Crippen molar-refractivity contribution in [3.8, 4) is 17.3 Å². The minimum atomic E-state index is -3.04. The molecule has 4 bridgehead atoms. The molecule has 5 aliphatic rings. The van der Waals surface area contributed by atoms with E-state index in [0.29, 0.717) is 35.9 Å². The molecule has 0 radical (unpaired) electrons. The summed E-state index contributed by atoms with van der Waals surface area (Å²) < 4.78 is 35.6. The smallest absolute Gasteiger partial charge is 0.388 e. The molecule has 2 aromatic rings. The van der Waals surface area contributed by atoms with Gasteiger partial charge in [-0.15, -0.1) is 0 Å². The van der Waals surface area contributed by atoms with Gasteiger partial charge in [0.2, 0.25) is 5.95 Å². The van der Waals surface area contributed by atoms with Gasteiger partial charge >= 0.3 is 6.61 Å². The molecule has 4 saturated heterocycles. The number of morpholine rings is 1. The van der Waals surface area contributed by atoms with E-state index < -0.39 is 12.5 Å². The van der Waals surface area contributed by atoms with Crippen LogP contribution >= 0.6 is 0 Å². The van der Waals surface area contributed by atoms with Crippen LogP contribution in [0.15, 0.2) is 12.3 Å². The Morgan fingerprint density at radius 3 is 2.60 bits per heavy atom. The van der Waals surface area contributed by atoms with Crippen molar-refractivity contribution in [3.05, 3.63) is 12.3 Å². The largest absolute Gasteiger partial charge is 0.413 e. The summed E-state index contributed by atoms with van der Waals surface area (Å²) in [4.78, 5) is 22.2. The Kier molecular flexibility index (Phi) is 3.95. The van der Waals surface area contributed by atoms with Crippen molar-refractivity contribution >= 4 is 17.6 Å². The number of alkyl halides is 2. The maximum atomic E-state index is 12.7. The zero-order valence-corrected chi connectivity index (χ0v) is 16.1. The van der Waals surface area contributed by atoms with Crippen LogP contribution in [0.3, 0.4) is 0 Å². The van der Waals surface area contributed by atoms with Gasteiger partial charge in [-0.1, -0.05) is 0 Å². The van der Waals surface area contributed by atoms with Crippen molar-refractivity contribution in [1.29, 1.82) is 0 Å². The molecular formula is C19H21F2N7O2. The van der Waals surface area contributed by atoms with Gasteiger partial charge in [-0.3, -0.25) is 0 Å². The third-order valence-electron chi connectivity index (χ3n) is 6.49. The molecule has 0 aromatic carbocycles. The van der Waals surface area contributed by atoms with Crippen LogP contribution in [0.25, 0.3) is 11.4 Å². The average molecular weight is 417 g/mol. The fourth-order valence-corrected chi connectivity index (χ4v) is 4.96. The first kappa shape index (κ1) is 18.0. The lowest BCUT2D eigenvalue weighted by Gasteiger charge is -2.30. The minimum Gasteiger partial charge on any atom is -0.413 e. The second kappa shape index (κ2) is 6.59. The average Bonchev–Trinajstić information content (AvgIpc) is 3.48. The van der Waals surface area contributed by atoms with Crippen LogP contribution in [0, 0.1) is 5.92 Å². The van der Waals surface area contributed by atoms with Crippen LogP contribution in [0.5, 0.6) is 5.88 Å². The van der Waals surface area contributed by atoms with E-state index in [-0.39, 0.29) is 18.0 Å². The summed E-state index contributed by atoms with van der Waals surface area (Å²) in [6.45, 7) is -0.637. The molecule has 2 N–H and O–H groups in total. The van der Waals surface area contributed by atoms with Crippen LogP contribution in [-0.2, 0) is 4.74 Å². The lowest BCUT2D eigenvalue weighted by Crippen LogP contribution is -2.38.